The molecule has 0 aliphatic heterocycles. The van der Waals surface area contributed by atoms with Crippen molar-refractivity contribution in [2.45, 2.75) is 115 Å². The van der Waals surface area contributed by atoms with Crippen LogP contribution in [0.1, 0.15) is 114 Å². The average Bonchev–Trinajstić information content (AvgIpc) is 2.61. The first-order valence-corrected chi connectivity index (χ1v) is 11.1. The third kappa shape index (κ3) is 6.40. The van der Waals surface area contributed by atoms with Crippen molar-refractivity contribution in [2.24, 2.45) is 0 Å². The van der Waals surface area contributed by atoms with E-state index in [0.29, 0.717) is 23.9 Å². The fourth-order valence-electron chi connectivity index (χ4n) is 4.51. The van der Waals surface area contributed by atoms with Crippen molar-refractivity contribution in [1.29, 1.82) is 0 Å². The highest BCUT2D eigenvalue weighted by molar-refractivity contribution is 5.33. The fraction of sp³-hybridized carbons (Fsp3) is 0.857. The lowest BCUT2D eigenvalue weighted by atomic mass is 9.91. The first-order valence-electron chi connectivity index (χ1n) is 11.1. The summed E-state index contributed by atoms with van der Waals surface area (Å²) in [5, 5.41) is 3.58. The highest BCUT2D eigenvalue weighted by Gasteiger charge is 2.19. The van der Waals surface area contributed by atoms with Gasteiger partial charge in [-0.3, -0.25) is 0 Å². The molecule has 146 valence electrons. The second-order valence-corrected chi connectivity index (χ2v) is 8.31. The van der Waals surface area contributed by atoms with Crippen molar-refractivity contribution >= 4 is 11.9 Å². The Labute approximate surface area is 159 Å². The quantitative estimate of drug-likeness (QED) is 0.736. The van der Waals surface area contributed by atoms with Gasteiger partial charge in [0.1, 0.15) is 5.82 Å². The standard InChI is InChI=1S/C21H37N5/c22-20-24-19(17-13-9-5-2-1-3-6-10-14-17)25-21(26-20)23-18-15-11-7-4-8-12-16-18/h17-18H,1-16H2,(H3,22,23,24,25,26). The van der Waals surface area contributed by atoms with E-state index in [2.05, 4.69) is 15.3 Å². The summed E-state index contributed by atoms with van der Waals surface area (Å²) in [4.78, 5) is 13.7. The van der Waals surface area contributed by atoms with Gasteiger partial charge in [0, 0.05) is 12.0 Å². The highest BCUT2D eigenvalue weighted by atomic mass is 15.2. The molecule has 0 spiro atoms. The number of nitrogen functional groups attached to an aromatic ring is 1. The molecule has 0 radical (unpaired) electrons. The molecular formula is C21H37N5. The Balaban J connectivity index is 1.66. The molecule has 1 heterocycles. The van der Waals surface area contributed by atoms with Crippen molar-refractivity contribution in [2.75, 3.05) is 11.1 Å². The summed E-state index contributed by atoms with van der Waals surface area (Å²) in [7, 11) is 0. The van der Waals surface area contributed by atoms with Crippen molar-refractivity contribution < 1.29 is 0 Å². The van der Waals surface area contributed by atoms with Gasteiger partial charge in [0.05, 0.1) is 0 Å². The summed E-state index contributed by atoms with van der Waals surface area (Å²) in [6.07, 6.45) is 20.9. The zero-order valence-corrected chi connectivity index (χ0v) is 16.4. The maximum atomic E-state index is 6.05. The summed E-state index contributed by atoms with van der Waals surface area (Å²) >= 11 is 0. The van der Waals surface area contributed by atoms with Crippen LogP contribution in [-0.4, -0.2) is 21.0 Å². The molecule has 0 unspecified atom stereocenters. The van der Waals surface area contributed by atoms with Gasteiger partial charge in [-0.25, -0.2) is 0 Å². The molecule has 2 saturated carbocycles. The molecule has 5 nitrogen and oxygen atoms in total. The Kier molecular flexibility index (Phi) is 7.96. The van der Waals surface area contributed by atoms with Crippen LogP contribution in [0, 0.1) is 0 Å². The molecule has 1 aromatic rings. The topological polar surface area (TPSA) is 76.7 Å². The van der Waals surface area contributed by atoms with Crippen molar-refractivity contribution in [3.8, 4) is 0 Å². The zero-order valence-electron chi connectivity index (χ0n) is 16.4. The Hall–Kier alpha value is -1.39. The lowest BCUT2D eigenvalue weighted by Gasteiger charge is -2.22. The van der Waals surface area contributed by atoms with Crippen molar-refractivity contribution in [1.82, 2.24) is 15.0 Å². The molecule has 2 fully saturated rings. The summed E-state index contributed by atoms with van der Waals surface area (Å²) in [6.45, 7) is 0. The first-order chi connectivity index (χ1) is 12.8. The van der Waals surface area contributed by atoms with Gasteiger partial charge in [-0.2, -0.15) is 15.0 Å². The van der Waals surface area contributed by atoms with E-state index in [1.807, 2.05) is 0 Å². The van der Waals surface area contributed by atoms with E-state index in [4.69, 9.17) is 10.7 Å². The number of hydrogen-bond acceptors (Lipinski definition) is 5. The molecule has 2 aliphatic rings. The van der Waals surface area contributed by atoms with Crippen LogP contribution in [-0.2, 0) is 0 Å². The number of hydrogen-bond donors (Lipinski definition) is 2. The molecule has 5 heteroatoms. The van der Waals surface area contributed by atoms with Crippen LogP contribution in [0.3, 0.4) is 0 Å². The van der Waals surface area contributed by atoms with Gasteiger partial charge in [0.2, 0.25) is 11.9 Å². The predicted molar refractivity (Wildman–Crippen MR) is 108 cm³/mol. The van der Waals surface area contributed by atoms with Gasteiger partial charge in [0.15, 0.2) is 0 Å². The molecular weight excluding hydrogens is 322 g/mol. The van der Waals surface area contributed by atoms with Crippen molar-refractivity contribution in [3.05, 3.63) is 5.82 Å². The van der Waals surface area contributed by atoms with Crippen LogP contribution < -0.4 is 11.1 Å². The smallest absolute Gasteiger partial charge is 0.227 e. The molecule has 3 rings (SSSR count). The number of rotatable bonds is 3. The van der Waals surface area contributed by atoms with E-state index < -0.39 is 0 Å². The molecule has 0 atom stereocenters. The Morgan fingerprint density at radius 3 is 1.69 bits per heavy atom. The fourth-order valence-corrected chi connectivity index (χ4v) is 4.51. The molecule has 0 aromatic carbocycles. The number of aromatic nitrogens is 3. The minimum atomic E-state index is 0.375. The summed E-state index contributed by atoms with van der Waals surface area (Å²) < 4.78 is 0. The van der Waals surface area contributed by atoms with Gasteiger partial charge in [-0.15, -0.1) is 0 Å². The van der Waals surface area contributed by atoms with Crippen LogP contribution in [0.15, 0.2) is 0 Å². The number of anilines is 2. The monoisotopic (exact) mass is 359 g/mol. The van der Waals surface area contributed by atoms with E-state index in [1.165, 1.54) is 103 Å². The van der Waals surface area contributed by atoms with E-state index in [1.54, 1.807) is 0 Å². The second-order valence-electron chi connectivity index (χ2n) is 8.31. The van der Waals surface area contributed by atoms with Gasteiger partial charge in [-0.1, -0.05) is 77.0 Å². The molecule has 0 bridgehead atoms. The van der Waals surface area contributed by atoms with Crippen molar-refractivity contribution in [3.63, 3.8) is 0 Å². The number of nitrogens with one attached hydrogen (secondary N) is 1. The zero-order chi connectivity index (χ0) is 18.0. The highest BCUT2D eigenvalue weighted by Crippen LogP contribution is 2.29. The molecule has 0 amide bonds. The Bertz CT molecular complexity index is 515. The maximum Gasteiger partial charge on any atom is 0.227 e. The molecule has 26 heavy (non-hydrogen) atoms. The molecule has 0 saturated heterocycles. The molecule has 3 N–H and O–H groups in total. The molecule has 2 aliphatic carbocycles. The number of nitrogens with zero attached hydrogens (tertiary/aromatic N) is 3. The van der Waals surface area contributed by atoms with Gasteiger partial charge in [0.25, 0.3) is 0 Å². The van der Waals surface area contributed by atoms with Crippen LogP contribution in [0.2, 0.25) is 0 Å². The van der Waals surface area contributed by atoms with Crippen LogP contribution >= 0.6 is 0 Å². The summed E-state index contributed by atoms with van der Waals surface area (Å²) in [5.41, 5.74) is 6.05. The predicted octanol–water partition coefficient (Wildman–Crippen LogP) is 5.59. The SMILES string of the molecule is Nc1nc(NC2CCCCCCC2)nc(C2CCCCCCCCC2)n1. The summed E-state index contributed by atoms with van der Waals surface area (Å²) in [6, 6.07) is 0.481. The van der Waals surface area contributed by atoms with E-state index >= 15 is 0 Å². The minimum absolute atomic E-state index is 0.375. The Morgan fingerprint density at radius 1 is 0.615 bits per heavy atom. The third-order valence-electron chi connectivity index (χ3n) is 6.08. The van der Waals surface area contributed by atoms with Crippen LogP contribution in [0.5, 0.6) is 0 Å². The van der Waals surface area contributed by atoms with Crippen LogP contribution in [0.4, 0.5) is 11.9 Å². The lowest BCUT2D eigenvalue weighted by Crippen LogP contribution is -2.23. The van der Waals surface area contributed by atoms with Gasteiger partial charge in [-0.05, 0) is 25.7 Å². The largest absolute Gasteiger partial charge is 0.368 e. The maximum absolute atomic E-state index is 6.05. The van der Waals surface area contributed by atoms with Crippen LogP contribution in [0.25, 0.3) is 0 Å². The normalized spacial score (nSPS) is 22.3. The van der Waals surface area contributed by atoms with Gasteiger partial charge >= 0.3 is 0 Å². The first kappa shape index (κ1) is 19.4. The lowest BCUT2D eigenvalue weighted by molar-refractivity contribution is 0.449. The van der Waals surface area contributed by atoms with E-state index in [-0.39, 0.29) is 0 Å². The average molecular weight is 360 g/mol. The van der Waals surface area contributed by atoms with E-state index in [0.717, 1.165) is 5.82 Å². The minimum Gasteiger partial charge on any atom is -0.368 e. The third-order valence-corrected chi connectivity index (χ3v) is 6.08. The van der Waals surface area contributed by atoms with Gasteiger partial charge < -0.3 is 11.1 Å². The molecule has 1 aromatic heterocycles. The number of nitrogens with two attached hydrogens (primary N) is 1. The summed E-state index contributed by atoms with van der Waals surface area (Å²) in [5.74, 6) is 2.44. The second kappa shape index (κ2) is 10.7. The Morgan fingerprint density at radius 2 is 1.12 bits per heavy atom. The van der Waals surface area contributed by atoms with E-state index in [9.17, 15) is 0 Å².